The fourth-order valence-corrected chi connectivity index (χ4v) is 9.19. The number of benzene rings is 1. The molecule has 1 aromatic carbocycles. The van der Waals surface area contributed by atoms with Crippen molar-refractivity contribution in [2.75, 3.05) is 13.2 Å². The molecule has 43 heavy (non-hydrogen) atoms. The first kappa shape index (κ1) is 30.9. The number of nitrogens with two attached hydrogens (primary N) is 1. The predicted octanol–water partition coefficient (Wildman–Crippen LogP) is 6.01. The average Bonchev–Trinajstić information content (AvgIpc) is 3.20. The summed E-state index contributed by atoms with van der Waals surface area (Å²) in [6, 6.07) is 6.30. The quantitative estimate of drug-likeness (QED) is 0.287. The van der Waals surface area contributed by atoms with Gasteiger partial charge in [-0.2, -0.15) is 22.0 Å². The van der Waals surface area contributed by atoms with Crippen molar-refractivity contribution in [2.24, 2.45) is 28.4 Å². The Balaban J connectivity index is 1.46. The molecule has 1 spiro atoms. The number of rotatable bonds is 3. The van der Waals surface area contributed by atoms with Crippen LogP contribution >= 0.6 is 0 Å². The molecule has 1 saturated heterocycles. The van der Waals surface area contributed by atoms with Crippen molar-refractivity contribution in [2.45, 2.75) is 107 Å². The molecule has 1 aliphatic heterocycles. The van der Waals surface area contributed by atoms with Gasteiger partial charge in [-0.15, -0.1) is 0 Å². The minimum Gasteiger partial charge on any atom is -0.385 e. The SMILES string of the molecule is CC1(C)COC2(CCC3=C4C(CC[C@@]3(O)C2)C2CC[C@@](O)(C(F)(F)C(F)(F)F)C2(C)C[C@@H]4c2ccc(C(N)=O)cc2)OC1. The Bertz CT molecular complexity index is 1330. The number of ether oxygens (including phenoxy) is 2. The highest BCUT2D eigenvalue weighted by molar-refractivity contribution is 5.92. The molecule has 6 atom stereocenters. The van der Waals surface area contributed by atoms with E-state index in [1.54, 1.807) is 12.1 Å². The van der Waals surface area contributed by atoms with E-state index in [1.807, 2.05) is 13.8 Å². The van der Waals surface area contributed by atoms with Crippen molar-refractivity contribution in [1.82, 2.24) is 0 Å². The Hall–Kier alpha value is -2.08. The van der Waals surface area contributed by atoms with Crippen LogP contribution in [0.3, 0.4) is 0 Å². The van der Waals surface area contributed by atoms with E-state index in [1.165, 1.54) is 19.1 Å². The number of aliphatic hydroxyl groups is 2. The third-order valence-electron chi connectivity index (χ3n) is 11.5. The summed E-state index contributed by atoms with van der Waals surface area (Å²) < 4.78 is 84.3. The maximum atomic E-state index is 15.2. The molecule has 0 radical (unpaired) electrons. The minimum atomic E-state index is -5.92. The smallest absolute Gasteiger partial charge is 0.385 e. The van der Waals surface area contributed by atoms with Gasteiger partial charge in [0.1, 0.15) is 5.60 Å². The highest BCUT2D eigenvalue weighted by Crippen LogP contribution is 2.71. The van der Waals surface area contributed by atoms with Gasteiger partial charge in [-0.25, -0.2) is 0 Å². The second kappa shape index (κ2) is 9.47. The largest absolute Gasteiger partial charge is 0.456 e. The molecule has 3 saturated carbocycles. The van der Waals surface area contributed by atoms with Crippen LogP contribution in [0.25, 0.3) is 0 Å². The van der Waals surface area contributed by atoms with Gasteiger partial charge in [-0.1, -0.05) is 38.5 Å². The van der Waals surface area contributed by atoms with Gasteiger partial charge in [-0.05, 0) is 73.6 Å². The zero-order valence-electron chi connectivity index (χ0n) is 24.7. The van der Waals surface area contributed by atoms with Crippen LogP contribution in [0.5, 0.6) is 0 Å². The van der Waals surface area contributed by atoms with E-state index in [0.29, 0.717) is 38.0 Å². The molecule has 1 heterocycles. The standard InChI is InChI=1S/C32H40F5NO5/c1-26(2)16-42-29(43-17-26)12-9-23-24-20(8-11-28(23,40)15-29)22-10-13-30(41,31(33,34)32(35,36)37)27(22,3)14-21(24)18-4-6-19(7-5-18)25(38)39/h4-7,20-22,40-41H,8-17H2,1-3H3,(H2,38,39)/t20?,21-,22?,27?,28-,30+/m1/s1. The Kier molecular flexibility index (Phi) is 6.81. The molecule has 4 fully saturated rings. The molecule has 4 N–H and O–H groups in total. The van der Waals surface area contributed by atoms with Crippen molar-refractivity contribution in [3.05, 3.63) is 46.5 Å². The molecule has 6 rings (SSSR count). The molecule has 0 aromatic heterocycles. The Labute approximate surface area is 247 Å². The lowest BCUT2D eigenvalue weighted by molar-refractivity contribution is -0.362. The van der Waals surface area contributed by atoms with Crippen LogP contribution in [0.4, 0.5) is 22.0 Å². The first-order valence-corrected chi connectivity index (χ1v) is 15.1. The number of alkyl halides is 5. The number of halogens is 5. The topological polar surface area (TPSA) is 102 Å². The van der Waals surface area contributed by atoms with Crippen LogP contribution in [0.15, 0.2) is 35.4 Å². The number of allylic oxidation sites excluding steroid dienone is 1. The minimum absolute atomic E-state index is 0.0110. The fourth-order valence-electron chi connectivity index (χ4n) is 9.19. The summed E-state index contributed by atoms with van der Waals surface area (Å²) in [4.78, 5) is 11.8. The van der Waals surface area contributed by atoms with Crippen LogP contribution < -0.4 is 5.73 Å². The van der Waals surface area contributed by atoms with E-state index < -0.39 is 64.6 Å². The van der Waals surface area contributed by atoms with Crippen LogP contribution in [0.2, 0.25) is 0 Å². The first-order valence-electron chi connectivity index (χ1n) is 15.1. The van der Waals surface area contributed by atoms with Gasteiger partial charge in [0, 0.05) is 35.2 Å². The van der Waals surface area contributed by atoms with E-state index in [0.717, 1.165) is 11.1 Å². The molecule has 0 bridgehead atoms. The van der Waals surface area contributed by atoms with E-state index in [-0.39, 0.29) is 36.7 Å². The number of primary amides is 1. The predicted molar refractivity (Wildman–Crippen MR) is 146 cm³/mol. The number of carbonyl (C=O) groups excluding carboxylic acids is 1. The summed E-state index contributed by atoms with van der Waals surface area (Å²) in [6.07, 6.45) is -5.03. The van der Waals surface area contributed by atoms with Gasteiger partial charge in [0.05, 0.1) is 18.8 Å². The second-order valence-electron chi connectivity index (χ2n) is 14.7. The van der Waals surface area contributed by atoms with Gasteiger partial charge < -0.3 is 25.4 Å². The fraction of sp³-hybridized carbons (Fsp3) is 0.719. The third-order valence-corrected chi connectivity index (χ3v) is 11.5. The van der Waals surface area contributed by atoms with Crippen LogP contribution in [-0.4, -0.2) is 58.4 Å². The summed E-state index contributed by atoms with van der Waals surface area (Å²) >= 11 is 0. The zero-order chi connectivity index (χ0) is 31.4. The molecule has 11 heteroatoms. The monoisotopic (exact) mass is 613 g/mol. The second-order valence-corrected chi connectivity index (χ2v) is 14.7. The van der Waals surface area contributed by atoms with E-state index in [4.69, 9.17) is 15.2 Å². The molecule has 4 aliphatic carbocycles. The van der Waals surface area contributed by atoms with Crippen molar-refractivity contribution >= 4 is 5.91 Å². The molecule has 5 aliphatic rings. The lowest BCUT2D eigenvalue weighted by Crippen LogP contribution is -2.65. The summed E-state index contributed by atoms with van der Waals surface area (Å²) in [6.45, 7) is 6.39. The van der Waals surface area contributed by atoms with Crippen molar-refractivity contribution < 1.29 is 46.4 Å². The van der Waals surface area contributed by atoms with Crippen molar-refractivity contribution in [1.29, 1.82) is 0 Å². The number of amides is 1. The average molecular weight is 614 g/mol. The van der Waals surface area contributed by atoms with Gasteiger partial charge in [0.15, 0.2) is 5.79 Å². The summed E-state index contributed by atoms with van der Waals surface area (Å²) in [5.74, 6) is -8.63. The maximum Gasteiger partial charge on any atom is 0.456 e. The molecular formula is C32H40F5NO5. The summed E-state index contributed by atoms with van der Waals surface area (Å²) in [7, 11) is 0. The Morgan fingerprint density at radius 1 is 0.953 bits per heavy atom. The summed E-state index contributed by atoms with van der Waals surface area (Å²) in [5, 5.41) is 23.6. The molecule has 6 nitrogen and oxygen atoms in total. The molecule has 238 valence electrons. The third kappa shape index (κ3) is 4.42. The van der Waals surface area contributed by atoms with Gasteiger partial charge >= 0.3 is 12.1 Å². The highest BCUT2D eigenvalue weighted by Gasteiger charge is 2.79. The molecule has 1 aromatic rings. The van der Waals surface area contributed by atoms with Gasteiger partial charge in [-0.3, -0.25) is 4.79 Å². The zero-order valence-corrected chi connectivity index (χ0v) is 24.7. The molecule has 3 unspecified atom stereocenters. The lowest BCUT2D eigenvalue weighted by Gasteiger charge is -2.59. The van der Waals surface area contributed by atoms with Gasteiger partial charge in [0.25, 0.3) is 0 Å². The number of hydrogen-bond donors (Lipinski definition) is 3. The first-order chi connectivity index (χ1) is 19.8. The van der Waals surface area contributed by atoms with E-state index >= 15 is 8.78 Å². The Morgan fingerprint density at radius 2 is 1.58 bits per heavy atom. The van der Waals surface area contributed by atoms with Crippen molar-refractivity contribution in [3.8, 4) is 0 Å². The van der Waals surface area contributed by atoms with Crippen LogP contribution in [0, 0.1) is 22.7 Å². The lowest BCUT2D eigenvalue weighted by atomic mass is 9.49. The molecule has 1 amide bonds. The van der Waals surface area contributed by atoms with E-state index in [2.05, 4.69) is 0 Å². The van der Waals surface area contributed by atoms with Gasteiger partial charge in [0.2, 0.25) is 5.91 Å². The summed E-state index contributed by atoms with van der Waals surface area (Å²) in [5.41, 5.74) is 1.35. The number of carbonyl (C=O) groups is 1. The number of fused-ring (bicyclic) bond motifs is 4. The Morgan fingerprint density at radius 3 is 2.16 bits per heavy atom. The highest BCUT2D eigenvalue weighted by atomic mass is 19.4. The van der Waals surface area contributed by atoms with Crippen LogP contribution in [0.1, 0.15) is 94.0 Å². The molecular weight excluding hydrogens is 573 g/mol. The maximum absolute atomic E-state index is 15.2. The normalized spacial score (nSPS) is 38.8. The van der Waals surface area contributed by atoms with E-state index in [9.17, 15) is 28.2 Å². The van der Waals surface area contributed by atoms with Crippen LogP contribution in [-0.2, 0) is 9.47 Å². The van der Waals surface area contributed by atoms with Crippen molar-refractivity contribution in [3.63, 3.8) is 0 Å². The number of hydrogen-bond acceptors (Lipinski definition) is 5.